The van der Waals surface area contributed by atoms with Gasteiger partial charge in [0.15, 0.2) is 5.76 Å². The first-order valence-electron chi connectivity index (χ1n) is 6.73. The molecule has 10 heteroatoms. The molecule has 0 N–H and O–H groups in total. The molecule has 25 heavy (non-hydrogen) atoms. The van der Waals surface area contributed by atoms with Crippen molar-refractivity contribution in [3.63, 3.8) is 0 Å². The Morgan fingerprint density at radius 1 is 0.800 bits per heavy atom. The van der Waals surface area contributed by atoms with Crippen LogP contribution in [0, 0.1) is 0 Å². The van der Waals surface area contributed by atoms with Gasteiger partial charge in [-0.25, -0.2) is 21.8 Å². The molecule has 0 fully saturated rings. The summed E-state index contributed by atoms with van der Waals surface area (Å²) in [6.45, 7) is 0. The fraction of sp³-hybridized carbons (Fsp3) is 0. The van der Waals surface area contributed by atoms with Gasteiger partial charge in [-0.1, -0.05) is 12.1 Å². The summed E-state index contributed by atoms with van der Waals surface area (Å²) in [7, 11) is -9.14. The van der Waals surface area contributed by atoms with Crippen molar-refractivity contribution < 1.29 is 30.4 Å². The summed E-state index contributed by atoms with van der Waals surface area (Å²) in [5.74, 6) is 0.362. The molecule has 0 unspecified atom stereocenters. The van der Waals surface area contributed by atoms with Gasteiger partial charge in [-0.3, -0.25) is 0 Å². The summed E-state index contributed by atoms with van der Waals surface area (Å²) in [5.41, 5.74) is 0.765. The van der Waals surface area contributed by atoms with Gasteiger partial charge in [-0.15, -0.1) is 0 Å². The minimum absolute atomic E-state index is 0.139. The first kappa shape index (κ1) is 17.3. The van der Waals surface area contributed by atoms with Crippen LogP contribution in [0.3, 0.4) is 0 Å². The zero-order valence-electron chi connectivity index (χ0n) is 12.3. The molecule has 3 rings (SSSR count). The first-order chi connectivity index (χ1) is 11.6. The maximum atomic E-state index is 11.1. The first-order valence-corrected chi connectivity index (χ1v) is 9.55. The number of aromatic nitrogens is 1. The highest BCUT2D eigenvalue weighted by Gasteiger charge is 2.11. The number of hydrogen-bond acceptors (Lipinski definition) is 8. The lowest BCUT2D eigenvalue weighted by molar-refractivity contribution is 0.461. The molecule has 0 atom stereocenters. The molecule has 3 aromatic rings. The summed E-state index contributed by atoms with van der Waals surface area (Å²) >= 11 is 0. The van der Waals surface area contributed by atoms with E-state index in [-0.39, 0.29) is 16.5 Å². The van der Waals surface area contributed by atoms with Crippen molar-refractivity contribution in [3.8, 4) is 22.8 Å². The highest BCUT2D eigenvalue weighted by Crippen LogP contribution is 2.28. The minimum atomic E-state index is -4.60. The van der Waals surface area contributed by atoms with Crippen LogP contribution in [0.1, 0.15) is 0 Å². The van der Waals surface area contributed by atoms with Crippen molar-refractivity contribution in [2.24, 2.45) is 0 Å². The number of benzene rings is 2. The fourth-order valence-electron chi connectivity index (χ4n) is 2.11. The molecule has 0 amide bonds. The van der Waals surface area contributed by atoms with Crippen LogP contribution >= 0.6 is 0 Å². The second kappa shape index (κ2) is 6.08. The molecule has 2 aromatic carbocycles. The van der Waals surface area contributed by atoms with Gasteiger partial charge < -0.3 is 13.5 Å². The normalized spacial score (nSPS) is 12.2. The van der Waals surface area contributed by atoms with Gasteiger partial charge in [-0.05, 0) is 36.4 Å². The smallest absolute Gasteiger partial charge is 0.226 e. The van der Waals surface area contributed by atoms with Gasteiger partial charge in [-0.2, -0.15) is 0 Å². The van der Waals surface area contributed by atoms with E-state index in [9.17, 15) is 25.9 Å². The third kappa shape index (κ3) is 3.77. The Labute approximate surface area is 143 Å². The van der Waals surface area contributed by atoms with Gasteiger partial charge in [0.2, 0.25) is 5.89 Å². The van der Waals surface area contributed by atoms with E-state index < -0.39 is 25.1 Å². The molecule has 0 bridgehead atoms. The van der Waals surface area contributed by atoms with E-state index >= 15 is 0 Å². The minimum Gasteiger partial charge on any atom is -0.744 e. The number of hydrogen-bond donors (Lipinski definition) is 0. The monoisotopic (exact) mass is 379 g/mol. The van der Waals surface area contributed by atoms with E-state index in [1.54, 1.807) is 6.07 Å². The van der Waals surface area contributed by atoms with Crippen molar-refractivity contribution in [1.29, 1.82) is 0 Å². The van der Waals surface area contributed by atoms with E-state index in [0.717, 1.165) is 12.1 Å². The Morgan fingerprint density at radius 3 is 2.04 bits per heavy atom. The standard InChI is InChI=1S/C15H11NO7S2/c17-24(18,19)12-6-4-10(5-7-12)15-16-9-14(23-15)11-2-1-3-13(8-11)25(20,21)22/h1-9H,(H,17,18,19)(H,20,21,22)/p-2. The zero-order valence-corrected chi connectivity index (χ0v) is 14.0. The maximum absolute atomic E-state index is 11.1. The van der Waals surface area contributed by atoms with Crippen molar-refractivity contribution in [2.45, 2.75) is 9.79 Å². The van der Waals surface area contributed by atoms with Gasteiger partial charge in [0.25, 0.3) is 0 Å². The highest BCUT2D eigenvalue weighted by atomic mass is 32.2. The molecule has 8 nitrogen and oxygen atoms in total. The molecule has 1 aromatic heterocycles. The molecule has 0 saturated heterocycles. The Morgan fingerprint density at radius 2 is 1.44 bits per heavy atom. The molecule has 130 valence electrons. The number of nitrogens with zero attached hydrogens (tertiary/aromatic N) is 1. The van der Waals surface area contributed by atoms with Crippen LogP contribution in [0.15, 0.2) is 68.9 Å². The summed E-state index contributed by atoms with van der Waals surface area (Å²) in [6.07, 6.45) is 1.34. The van der Waals surface area contributed by atoms with Crippen molar-refractivity contribution in [2.75, 3.05) is 0 Å². The van der Waals surface area contributed by atoms with E-state index in [1.807, 2.05) is 0 Å². The van der Waals surface area contributed by atoms with Crippen molar-refractivity contribution >= 4 is 20.2 Å². The van der Waals surface area contributed by atoms with Crippen LogP contribution in [0.25, 0.3) is 22.8 Å². The number of rotatable bonds is 4. The topological polar surface area (TPSA) is 140 Å². The summed E-state index contributed by atoms with van der Waals surface area (Å²) in [6, 6.07) is 10.3. The van der Waals surface area contributed by atoms with Gasteiger partial charge in [0.1, 0.15) is 20.2 Å². The molecule has 0 aliphatic heterocycles. The molecule has 0 radical (unpaired) electrons. The highest BCUT2D eigenvalue weighted by molar-refractivity contribution is 7.86. The fourth-order valence-corrected chi connectivity index (χ4v) is 3.10. The molecule has 0 spiro atoms. The Bertz CT molecular complexity index is 1130. The summed E-state index contributed by atoms with van der Waals surface area (Å²) in [5, 5.41) is 0. The molecule has 0 aliphatic carbocycles. The third-order valence-electron chi connectivity index (χ3n) is 3.30. The van der Waals surface area contributed by atoms with Crippen molar-refractivity contribution in [1.82, 2.24) is 4.98 Å². The van der Waals surface area contributed by atoms with Crippen LogP contribution in [-0.4, -0.2) is 30.9 Å². The second-order valence-electron chi connectivity index (χ2n) is 4.99. The van der Waals surface area contributed by atoms with E-state index in [1.165, 1.54) is 36.5 Å². The summed E-state index contributed by atoms with van der Waals surface area (Å²) in [4.78, 5) is 3.25. The van der Waals surface area contributed by atoms with E-state index in [0.29, 0.717) is 11.1 Å². The lowest BCUT2D eigenvalue weighted by atomic mass is 10.2. The molecular weight excluding hydrogens is 370 g/mol. The van der Waals surface area contributed by atoms with Crippen LogP contribution < -0.4 is 0 Å². The Kier molecular flexibility index (Phi) is 4.21. The average Bonchev–Trinajstić information content (AvgIpc) is 3.03. The van der Waals surface area contributed by atoms with E-state index in [2.05, 4.69) is 4.98 Å². The van der Waals surface area contributed by atoms with Crippen LogP contribution in [-0.2, 0) is 20.2 Å². The van der Waals surface area contributed by atoms with Gasteiger partial charge in [0, 0.05) is 11.1 Å². The van der Waals surface area contributed by atoms with Crippen LogP contribution in [0.2, 0.25) is 0 Å². The van der Waals surface area contributed by atoms with Gasteiger partial charge in [0.05, 0.1) is 16.0 Å². The third-order valence-corrected chi connectivity index (χ3v) is 4.98. The SMILES string of the molecule is O=S(=O)([O-])c1ccc(-c2ncc(-c3cccc(S(=O)(=O)[O-])c3)o2)cc1. The Hall–Kier alpha value is -2.53. The van der Waals surface area contributed by atoms with Crippen molar-refractivity contribution in [3.05, 3.63) is 54.7 Å². The predicted octanol–water partition coefficient (Wildman–Crippen LogP) is 1.82. The predicted molar refractivity (Wildman–Crippen MR) is 83.3 cm³/mol. The lowest BCUT2D eigenvalue weighted by Crippen LogP contribution is -1.98. The quantitative estimate of drug-likeness (QED) is 0.625. The molecule has 0 saturated carbocycles. The Balaban J connectivity index is 1.96. The number of oxazole rings is 1. The lowest BCUT2D eigenvalue weighted by Gasteiger charge is -2.07. The molecule has 0 aliphatic rings. The zero-order chi connectivity index (χ0) is 18.2. The molecular formula is C15H9NO7S2-2. The maximum Gasteiger partial charge on any atom is 0.226 e. The van der Waals surface area contributed by atoms with Crippen LogP contribution in [0.4, 0.5) is 0 Å². The van der Waals surface area contributed by atoms with Crippen LogP contribution in [0.5, 0.6) is 0 Å². The van der Waals surface area contributed by atoms with E-state index in [4.69, 9.17) is 4.42 Å². The second-order valence-corrected chi connectivity index (χ2v) is 7.75. The molecule has 1 heterocycles. The average molecular weight is 379 g/mol. The summed E-state index contributed by atoms with van der Waals surface area (Å²) < 4.78 is 71.5. The largest absolute Gasteiger partial charge is 0.744 e. The van der Waals surface area contributed by atoms with Gasteiger partial charge >= 0.3 is 0 Å².